The van der Waals surface area contributed by atoms with Crippen molar-refractivity contribution in [1.29, 1.82) is 0 Å². The van der Waals surface area contributed by atoms with Crippen molar-refractivity contribution in [3.63, 3.8) is 0 Å². The van der Waals surface area contributed by atoms with Crippen LogP contribution in [0.1, 0.15) is 19.4 Å². The Morgan fingerprint density at radius 1 is 1.44 bits per heavy atom. The van der Waals surface area contributed by atoms with Crippen LogP contribution in [0, 0.1) is 0 Å². The molecule has 0 bridgehead atoms. The minimum Gasteiger partial charge on any atom is -0.508 e. The molecule has 0 aliphatic carbocycles. The number of hydrogen-bond donors (Lipinski definition) is 4. The topological polar surface area (TPSA) is 99.3 Å². The SMILES string of the molecule is CC.NC(Cc1c[nH]c2ccc(O)cc12)C(=O)O. The van der Waals surface area contributed by atoms with Gasteiger partial charge in [-0.05, 0) is 23.8 Å². The number of fused-ring (bicyclic) bond motifs is 1. The molecule has 0 amide bonds. The zero-order valence-corrected chi connectivity index (χ0v) is 10.5. The number of carboxylic acids is 1. The largest absolute Gasteiger partial charge is 0.508 e. The number of rotatable bonds is 3. The Bertz CT molecular complexity index is 534. The Balaban J connectivity index is 0.000000771. The van der Waals surface area contributed by atoms with Crippen LogP contribution in [0.4, 0.5) is 0 Å². The summed E-state index contributed by atoms with van der Waals surface area (Å²) in [5, 5.41) is 18.9. The van der Waals surface area contributed by atoms with Gasteiger partial charge < -0.3 is 20.9 Å². The molecule has 0 aliphatic rings. The van der Waals surface area contributed by atoms with Gasteiger partial charge >= 0.3 is 5.97 Å². The van der Waals surface area contributed by atoms with Crippen LogP contribution in [0.3, 0.4) is 0 Å². The van der Waals surface area contributed by atoms with Crippen molar-refractivity contribution in [3.05, 3.63) is 30.0 Å². The van der Waals surface area contributed by atoms with Crippen molar-refractivity contribution in [2.75, 3.05) is 0 Å². The van der Waals surface area contributed by atoms with Gasteiger partial charge in [0.25, 0.3) is 0 Å². The number of H-pyrrole nitrogens is 1. The van der Waals surface area contributed by atoms with Crippen molar-refractivity contribution >= 4 is 16.9 Å². The number of hydrogen-bond acceptors (Lipinski definition) is 3. The van der Waals surface area contributed by atoms with Crippen LogP contribution in [0.5, 0.6) is 5.75 Å². The summed E-state index contributed by atoms with van der Waals surface area (Å²) in [5.74, 6) is -0.883. The summed E-state index contributed by atoms with van der Waals surface area (Å²) in [6.07, 6.45) is 1.95. The number of aliphatic carboxylic acids is 1. The lowest BCUT2D eigenvalue weighted by molar-refractivity contribution is -0.138. The number of nitrogens with two attached hydrogens (primary N) is 1. The second-order valence-corrected chi connectivity index (χ2v) is 3.69. The number of carbonyl (C=O) groups is 1. The number of benzene rings is 1. The van der Waals surface area contributed by atoms with E-state index in [0.717, 1.165) is 16.5 Å². The van der Waals surface area contributed by atoms with E-state index >= 15 is 0 Å². The summed E-state index contributed by atoms with van der Waals surface area (Å²) in [6.45, 7) is 4.00. The van der Waals surface area contributed by atoms with E-state index in [4.69, 9.17) is 10.8 Å². The highest BCUT2D eigenvalue weighted by Crippen LogP contribution is 2.23. The summed E-state index contributed by atoms with van der Waals surface area (Å²) in [6, 6.07) is 3.97. The lowest BCUT2D eigenvalue weighted by atomic mass is 10.1. The Hall–Kier alpha value is -2.01. The van der Waals surface area contributed by atoms with Gasteiger partial charge in [0.15, 0.2) is 0 Å². The van der Waals surface area contributed by atoms with Crippen molar-refractivity contribution in [2.24, 2.45) is 5.73 Å². The predicted octanol–water partition coefficient (Wildman–Crippen LogP) is 1.85. The quantitative estimate of drug-likeness (QED) is 0.668. The highest BCUT2D eigenvalue weighted by Gasteiger charge is 2.14. The first-order valence-electron chi connectivity index (χ1n) is 5.85. The van der Waals surface area contributed by atoms with E-state index in [2.05, 4.69) is 4.98 Å². The molecular formula is C13H18N2O3. The molecule has 1 unspecified atom stereocenters. The summed E-state index contributed by atoms with van der Waals surface area (Å²) in [7, 11) is 0. The lowest BCUT2D eigenvalue weighted by Gasteiger charge is -2.04. The van der Waals surface area contributed by atoms with Gasteiger partial charge in [0.05, 0.1) is 0 Å². The molecule has 2 aromatic rings. The molecule has 1 aromatic carbocycles. The molecule has 18 heavy (non-hydrogen) atoms. The lowest BCUT2D eigenvalue weighted by Crippen LogP contribution is -2.32. The standard InChI is InChI=1S/C11H12N2O3.C2H6/c12-9(11(15)16)3-6-5-13-10-2-1-7(14)4-8(6)10;1-2/h1-2,4-5,9,13-14H,3,12H2,(H,15,16);1-2H3. The normalized spacial score (nSPS) is 11.7. The predicted molar refractivity (Wildman–Crippen MR) is 70.6 cm³/mol. The summed E-state index contributed by atoms with van der Waals surface area (Å²) in [4.78, 5) is 13.6. The number of phenols is 1. The number of aromatic amines is 1. The van der Waals surface area contributed by atoms with Crippen molar-refractivity contribution in [2.45, 2.75) is 26.3 Å². The molecule has 1 atom stereocenters. The van der Waals surface area contributed by atoms with E-state index in [1.165, 1.54) is 0 Å². The van der Waals surface area contributed by atoms with E-state index in [1.54, 1.807) is 24.4 Å². The van der Waals surface area contributed by atoms with Gasteiger partial charge in [-0.1, -0.05) is 13.8 Å². The Kier molecular flexibility index (Phi) is 4.74. The first-order chi connectivity index (χ1) is 8.58. The molecule has 0 saturated carbocycles. The molecule has 5 nitrogen and oxygen atoms in total. The fraction of sp³-hybridized carbons (Fsp3) is 0.308. The average Bonchev–Trinajstić information content (AvgIpc) is 2.74. The van der Waals surface area contributed by atoms with Crippen molar-refractivity contribution in [1.82, 2.24) is 4.98 Å². The first kappa shape index (κ1) is 14.1. The van der Waals surface area contributed by atoms with Gasteiger partial charge in [0.2, 0.25) is 0 Å². The molecule has 5 heteroatoms. The molecule has 2 rings (SSSR count). The second kappa shape index (κ2) is 6.07. The molecule has 1 aromatic heterocycles. The molecule has 0 spiro atoms. The Morgan fingerprint density at radius 3 is 2.72 bits per heavy atom. The third-order valence-electron chi connectivity index (χ3n) is 2.51. The number of nitrogens with one attached hydrogen (secondary N) is 1. The molecular weight excluding hydrogens is 232 g/mol. The number of carboxylic acid groups (broad SMARTS) is 1. The maximum absolute atomic E-state index is 10.6. The number of phenolic OH excluding ortho intramolecular Hbond substituents is 1. The molecule has 1 heterocycles. The Labute approximate surface area is 105 Å². The second-order valence-electron chi connectivity index (χ2n) is 3.69. The van der Waals surface area contributed by atoms with Crippen molar-refractivity contribution < 1.29 is 15.0 Å². The highest BCUT2D eigenvalue weighted by atomic mass is 16.4. The molecule has 98 valence electrons. The average molecular weight is 250 g/mol. The third kappa shape index (κ3) is 3.01. The third-order valence-corrected chi connectivity index (χ3v) is 2.51. The van der Waals surface area contributed by atoms with Gasteiger partial charge in [-0.25, -0.2) is 0 Å². The van der Waals surface area contributed by atoms with Crippen LogP contribution < -0.4 is 5.73 Å². The smallest absolute Gasteiger partial charge is 0.320 e. The summed E-state index contributed by atoms with van der Waals surface area (Å²) in [5.41, 5.74) is 7.11. The van der Waals surface area contributed by atoms with Gasteiger partial charge in [0.1, 0.15) is 11.8 Å². The van der Waals surface area contributed by atoms with E-state index < -0.39 is 12.0 Å². The summed E-state index contributed by atoms with van der Waals surface area (Å²) < 4.78 is 0. The zero-order chi connectivity index (χ0) is 13.7. The minimum atomic E-state index is -1.03. The van der Waals surface area contributed by atoms with Gasteiger partial charge in [0, 0.05) is 23.5 Å². The van der Waals surface area contributed by atoms with Gasteiger partial charge in [-0.3, -0.25) is 4.79 Å². The fourth-order valence-electron chi connectivity index (χ4n) is 1.66. The van der Waals surface area contributed by atoms with E-state index in [0.29, 0.717) is 0 Å². The first-order valence-corrected chi connectivity index (χ1v) is 5.85. The molecule has 0 fully saturated rings. The van der Waals surface area contributed by atoms with Crippen LogP contribution in [0.15, 0.2) is 24.4 Å². The molecule has 5 N–H and O–H groups in total. The fourth-order valence-corrected chi connectivity index (χ4v) is 1.66. The van der Waals surface area contributed by atoms with Gasteiger partial charge in [-0.15, -0.1) is 0 Å². The molecule has 0 saturated heterocycles. The van der Waals surface area contributed by atoms with Gasteiger partial charge in [-0.2, -0.15) is 0 Å². The molecule has 0 aliphatic heterocycles. The number of aromatic hydroxyl groups is 1. The van der Waals surface area contributed by atoms with Crippen LogP contribution in [0.25, 0.3) is 10.9 Å². The maximum atomic E-state index is 10.6. The Morgan fingerprint density at radius 2 is 2.11 bits per heavy atom. The molecule has 0 radical (unpaired) electrons. The van der Waals surface area contributed by atoms with E-state index in [1.807, 2.05) is 13.8 Å². The minimum absolute atomic E-state index is 0.150. The van der Waals surface area contributed by atoms with Crippen LogP contribution in [-0.4, -0.2) is 27.2 Å². The zero-order valence-electron chi connectivity index (χ0n) is 10.5. The maximum Gasteiger partial charge on any atom is 0.320 e. The van der Waals surface area contributed by atoms with E-state index in [9.17, 15) is 9.90 Å². The van der Waals surface area contributed by atoms with Crippen LogP contribution >= 0.6 is 0 Å². The van der Waals surface area contributed by atoms with Crippen LogP contribution in [0.2, 0.25) is 0 Å². The van der Waals surface area contributed by atoms with Crippen LogP contribution in [-0.2, 0) is 11.2 Å². The highest BCUT2D eigenvalue weighted by molar-refractivity contribution is 5.85. The van der Waals surface area contributed by atoms with E-state index in [-0.39, 0.29) is 12.2 Å². The summed E-state index contributed by atoms with van der Waals surface area (Å²) >= 11 is 0. The van der Waals surface area contributed by atoms with Crippen molar-refractivity contribution in [3.8, 4) is 5.75 Å². The number of aromatic nitrogens is 1. The monoisotopic (exact) mass is 250 g/mol.